The standard InChI is InChI=1S/C10H26N4.C9H14O6/c11-5-3-9-13-7-1-2-8-14-10-4-6-12;1-6(10)13-4-9(15-8(3)12)5-14-7(2)11/h13-14H,1-12H2;9H,4-5H2,1-3H3. The van der Waals surface area contributed by atoms with Crippen LogP contribution in [-0.4, -0.2) is 76.5 Å². The van der Waals surface area contributed by atoms with Gasteiger partial charge in [-0.25, -0.2) is 0 Å². The summed E-state index contributed by atoms with van der Waals surface area (Å²) in [7, 11) is 0. The molecule has 0 aliphatic carbocycles. The van der Waals surface area contributed by atoms with Crippen molar-refractivity contribution in [3.05, 3.63) is 0 Å². The molecule has 0 amide bonds. The number of carbonyl (C=O) groups is 3. The normalized spacial score (nSPS) is 10.1. The minimum absolute atomic E-state index is 0.123. The van der Waals surface area contributed by atoms with Gasteiger partial charge >= 0.3 is 17.9 Å². The molecular weight excluding hydrogens is 380 g/mol. The van der Waals surface area contributed by atoms with Crippen LogP contribution in [0.1, 0.15) is 46.5 Å². The number of carbonyl (C=O) groups excluding carboxylic acids is 3. The number of hydrogen-bond acceptors (Lipinski definition) is 10. The summed E-state index contributed by atoms with van der Waals surface area (Å²) >= 11 is 0. The number of unbranched alkanes of at least 4 members (excludes halogenated alkanes) is 1. The lowest BCUT2D eigenvalue weighted by molar-refractivity contribution is -0.163. The molecule has 0 unspecified atom stereocenters. The second-order valence-electron chi connectivity index (χ2n) is 6.33. The third-order valence-electron chi connectivity index (χ3n) is 3.35. The molecule has 0 radical (unpaired) electrons. The van der Waals surface area contributed by atoms with Gasteiger partial charge in [0.25, 0.3) is 0 Å². The Balaban J connectivity index is 0. The number of nitrogens with two attached hydrogens (primary N) is 2. The molecule has 172 valence electrons. The smallest absolute Gasteiger partial charge is 0.303 e. The molecule has 0 aromatic rings. The number of hydrogen-bond donors (Lipinski definition) is 4. The highest BCUT2D eigenvalue weighted by Gasteiger charge is 2.15. The van der Waals surface area contributed by atoms with E-state index < -0.39 is 24.0 Å². The van der Waals surface area contributed by atoms with E-state index in [-0.39, 0.29) is 13.2 Å². The molecule has 0 aliphatic rings. The maximum Gasteiger partial charge on any atom is 0.303 e. The van der Waals surface area contributed by atoms with Gasteiger partial charge in [-0.15, -0.1) is 0 Å². The lowest BCUT2D eigenvalue weighted by Gasteiger charge is -2.15. The Morgan fingerprint density at radius 2 is 1.07 bits per heavy atom. The Morgan fingerprint density at radius 1 is 0.690 bits per heavy atom. The first-order valence-corrected chi connectivity index (χ1v) is 10.1. The van der Waals surface area contributed by atoms with Gasteiger partial charge in [-0.1, -0.05) is 0 Å². The van der Waals surface area contributed by atoms with Gasteiger partial charge in [-0.2, -0.15) is 0 Å². The summed E-state index contributed by atoms with van der Waals surface area (Å²) in [5.74, 6) is -1.51. The zero-order chi connectivity index (χ0) is 22.3. The van der Waals surface area contributed by atoms with Crippen LogP contribution in [0.25, 0.3) is 0 Å². The van der Waals surface area contributed by atoms with E-state index in [1.807, 2.05) is 0 Å². The summed E-state index contributed by atoms with van der Waals surface area (Å²) in [6.07, 6.45) is 3.87. The predicted octanol–water partition coefficient (Wildman–Crippen LogP) is -0.312. The molecule has 0 bridgehead atoms. The molecule has 0 saturated carbocycles. The summed E-state index contributed by atoms with van der Waals surface area (Å²) in [6, 6.07) is 0. The Kier molecular flexibility index (Phi) is 22.9. The van der Waals surface area contributed by atoms with Crippen molar-refractivity contribution >= 4 is 17.9 Å². The van der Waals surface area contributed by atoms with Gasteiger partial charge in [0.1, 0.15) is 13.2 Å². The number of esters is 3. The van der Waals surface area contributed by atoms with Gasteiger partial charge in [0, 0.05) is 20.8 Å². The molecule has 0 spiro atoms. The van der Waals surface area contributed by atoms with Gasteiger partial charge in [0.15, 0.2) is 6.10 Å². The maximum absolute atomic E-state index is 10.6. The minimum atomic E-state index is -0.754. The number of ether oxygens (including phenoxy) is 3. The maximum atomic E-state index is 10.6. The van der Waals surface area contributed by atoms with Crippen molar-refractivity contribution in [3.63, 3.8) is 0 Å². The van der Waals surface area contributed by atoms with Gasteiger partial charge in [-0.05, 0) is 65.0 Å². The van der Waals surface area contributed by atoms with Crippen molar-refractivity contribution in [3.8, 4) is 0 Å². The molecule has 10 heteroatoms. The van der Waals surface area contributed by atoms with E-state index in [9.17, 15) is 14.4 Å². The molecule has 0 aliphatic heterocycles. The van der Waals surface area contributed by atoms with E-state index in [4.69, 9.17) is 16.2 Å². The van der Waals surface area contributed by atoms with E-state index in [1.165, 1.54) is 33.6 Å². The van der Waals surface area contributed by atoms with Crippen LogP contribution < -0.4 is 22.1 Å². The first kappa shape index (κ1) is 29.5. The molecule has 0 heterocycles. The Bertz CT molecular complexity index is 394. The fourth-order valence-corrected chi connectivity index (χ4v) is 1.98. The molecule has 0 rings (SSSR count). The fourth-order valence-electron chi connectivity index (χ4n) is 1.98. The van der Waals surface area contributed by atoms with E-state index in [0.717, 1.165) is 52.1 Å². The molecule has 0 fully saturated rings. The van der Waals surface area contributed by atoms with Crippen LogP contribution in [0.4, 0.5) is 0 Å². The highest BCUT2D eigenvalue weighted by Crippen LogP contribution is 1.97. The quantitative estimate of drug-likeness (QED) is 0.148. The summed E-state index contributed by atoms with van der Waals surface area (Å²) in [4.78, 5) is 31.6. The topological polar surface area (TPSA) is 155 Å². The van der Waals surface area contributed by atoms with Crippen LogP contribution >= 0.6 is 0 Å². The zero-order valence-electron chi connectivity index (χ0n) is 18.2. The zero-order valence-corrected chi connectivity index (χ0v) is 18.2. The fraction of sp³-hybridized carbons (Fsp3) is 0.842. The van der Waals surface area contributed by atoms with Crippen LogP contribution in [-0.2, 0) is 28.6 Å². The summed E-state index contributed by atoms with van der Waals surface area (Å²) < 4.78 is 14.0. The molecule has 0 atom stereocenters. The van der Waals surface area contributed by atoms with Crippen molar-refractivity contribution in [2.75, 3.05) is 52.5 Å². The lowest BCUT2D eigenvalue weighted by atomic mass is 10.3. The van der Waals surface area contributed by atoms with Gasteiger partial charge in [0.2, 0.25) is 0 Å². The lowest BCUT2D eigenvalue weighted by Crippen LogP contribution is -2.29. The van der Waals surface area contributed by atoms with Crippen molar-refractivity contribution in [1.29, 1.82) is 0 Å². The van der Waals surface area contributed by atoms with Gasteiger partial charge in [0.05, 0.1) is 0 Å². The van der Waals surface area contributed by atoms with Crippen molar-refractivity contribution in [2.24, 2.45) is 11.5 Å². The average Bonchev–Trinajstić information content (AvgIpc) is 2.65. The second-order valence-corrected chi connectivity index (χ2v) is 6.33. The van der Waals surface area contributed by atoms with Crippen LogP contribution in [0.3, 0.4) is 0 Å². The van der Waals surface area contributed by atoms with Crippen molar-refractivity contribution < 1.29 is 28.6 Å². The molecule has 29 heavy (non-hydrogen) atoms. The molecule has 6 N–H and O–H groups in total. The number of nitrogens with one attached hydrogen (secondary N) is 2. The minimum Gasteiger partial charge on any atom is -0.462 e. The highest BCUT2D eigenvalue weighted by molar-refractivity contribution is 5.67. The highest BCUT2D eigenvalue weighted by atomic mass is 16.6. The average molecular weight is 421 g/mol. The SMILES string of the molecule is CC(=O)OCC(COC(C)=O)OC(C)=O.NCCCNCCCCNCCCN. The molecule has 0 aromatic carbocycles. The van der Waals surface area contributed by atoms with E-state index in [0.29, 0.717) is 0 Å². The third-order valence-corrected chi connectivity index (χ3v) is 3.35. The van der Waals surface area contributed by atoms with Gasteiger partial charge in [-0.3, -0.25) is 14.4 Å². The first-order valence-electron chi connectivity index (χ1n) is 10.1. The Morgan fingerprint density at radius 3 is 1.38 bits per heavy atom. The third kappa shape index (κ3) is 28.6. The van der Waals surface area contributed by atoms with Crippen molar-refractivity contribution in [1.82, 2.24) is 10.6 Å². The molecule has 10 nitrogen and oxygen atoms in total. The summed E-state index contributed by atoms with van der Waals surface area (Å²) in [5.41, 5.74) is 10.8. The summed E-state index contributed by atoms with van der Waals surface area (Å²) in [6.45, 7) is 9.33. The van der Waals surface area contributed by atoms with Crippen LogP contribution in [0.15, 0.2) is 0 Å². The van der Waals surface area contributed by atoms with E-state index >= 15 is 0 Å². The van der Waals surface area contributed by atoms with Crippen LogP contribution in [0.5, 0.6) is 0 Å². The second kappa shape index (κ2) is 22.5. The van der Waals surface area contributed by atoms with Crippen LogP contribution in [0.2, 0.25) is 0 Å². The first-order chi connectivity index (χ1) is 13.8. The van der Waals surface area contributed by atoms with E-state index in [1.54, 1.807) is 0 Å². The predicted molar refractivity (Wildman–Crippen MR) is 111 cm³/mol. The van der Waals surface area contributed by atoms with Crippen LogP contribution in [0, 0.1) is 0 Å². The number of rotatable bonds is 16. The van der Waals surface area contributed by atoms with Crippen molar-refractivity contribution in [2.45, 2.75) is 52.6 Å². The summed E-state index contributed by atoms with van der Waals surface area (Å²) in [5, 5.41) is 6.72. The molecule has 0 saturated heterocycles. The molecular formula is C19H40N4O6. The van der Waals surface area contributed by atoms with E-state index in [2.05, 4.69) is 20.1 Å². The monoisotopic (exact) mass is 420 g/mol. The van der Waals surface area contributed by atoms with Gasteiger partial charge < -0.3 is 36.3 Å². The Labute approximate surface area is 174 Å². The largest absolute Gasteiger partial charge is 0.462 e. The molecule has 0 aromatic heterocycles. The Hall–Kier alpha value is -1.75.